The quantitative estimate of drug-likeness (QED) is 0.344. The monoisotopic (exact) mass is 265 g/mol. The van der Waals surface area contributed by atoms with Gasteiger partial charge in [-0.25, -0.2) is 4.18 Å². The van der Waals surface area contributed by atoms with Gasteiger partial charge in [-0.15, -0.1) is 0 Å². The highest BCUT2D eigenvalue weighted by molar-refractivity contribution is 7.94. The molecule has 3 N–H and O–H groups in total. The highest BCUT2D eigenvalue weighted by atomic mass is 32.3. The van der Waals surface area contributed by atoms with Crippen LogP contribution in [0.2, 0.25) is 0 Å². The molecule has 90 valence electrons. The Morgan fingerprint density at radius 3 is 2.44 bits per heavy atom. The van der Waals surface area contributed by atoms with E-state index in [9.17, 15) is 8.42 Å². The molecule has 1 aromatic rings. The lowest BCUT2D eigenvalue weighted by Gasteiger charge is -2.02. The lowest BCUT2D eigenvalue weighted by Crippen LogP contribution is -2.08. The fourth-order valence-corrected chi connectivity index (χ4v) is 1.62. The van der Waals surface area contributed by atoms with Gasteiger partial charge in [0.2, 0.25) is 0 Å². The summed E-state index contributed by atoms with van der Waals surface area (Å²) in [6, 6.07) is 6.98. The lowest BCUT2D eigenvalue weighted by molar-refractivity contribution is 0.218. The minimum absolute atomic E-state index is 0.0365. The molecule has 16 heavy (non-hydrogen) atoms. The van der Waals surface area contributed by atoms with Gasteiger partial charge in [-0.1, -0.05) is 0 Å². The number of rotatable bonds is 6. The fraction of sp³-hybridized carbons (Fsp3) is 0.250. The molecule has 0 saturated heterocycles. The molecule has 0 aliphatic carbocycles. The Labute approximate surface area is 97.9 Å². The molecule has 0 aromatic heterocycles. The van der Waals surface area contributed by atoms with Crippen LogP contribution >= 0.6 is 12.0 Å². The van der Waals surface area contributed by atoms with Gasteiger partial charge < -0.3 is 9.92 Å². The molecule has 0 radical (unpaired) electrons. The van der Waals surface area contributed by atoms with E-state index in [4.69, 9.17) is 14.5 Å². The average Bonchev–Trinajstić information content (AvgIpc) is 2.19. The summed E-state index contributed by atoms with van der Waals surface area (Å²) in [5.74, 6) is 0. The molecule has 6 nitrogen and oxygen atoms in total. The van der Waals surface area contributed by atoms with Gasteiger partial charge >= 0.3 is 10.4 Å². The number of benzene rings is 1. The van der Waals surface area contributed by atoms with Crippen molar-refractivity contribution in [1.29, 1.82) is 0 Å². The number of nitrogens with two attached hydrogens (primary N) is 1. The minimum atomic E-state index is -4.38. The van der Waals surface area contributed by atoms with Crippen molar-refractivity contribution in [3.63, 3.8) is 0 Å². The van der Waals surface area contributed by atoms with Crippen LogP contribution in [0.4, 0.5) is 5.69 Å². The molecule has 0 atom stereocenters. The Hall–Kier alpha value is -0.800. The zero-order valence-corrected chi connectivity index (χ0v) is 9.83. The first-order chi connectivity index (χ1) is 7.47. The summed E-state index contributed by atoms with van der Waals surface area (Å²) in [6.07, 6.45) is 0. The third kappa shape index (κ3) is 5.93. The van der Waals surface area contributed by atoms with Crippen molar-refractivity contribution >= 4 is 28.1 Å². The Morgan fingerprint density at radius 1 is 1.25 bits per heavy atom. The third-order valence-corrected chi connectivity index (χ3v) is 2.65. The van der Waals surface area contributed by atoms with Crippen molar-refractivity contribution in [3.8, 4) is 0 Å². The first-order valence-corrected chi connectivity index (χ1v) is 6.35. The second kappa shape index (κ2) is 6.06. The summed E-state index contributed by atoms with van der Waals surface area (Å²) in [6.45, 7) is -0.199. The minimum Gasteiger partial charge on any atom is -0.399 e. The number of hydrogen-bond donors (Lipinski definition) is 2. The second-order valence-electron chi connectivity index (χ2n) is 2.72. The molecule has 0 bridgehead atoms. The summed E-state index contributed by atoms with van der Waals surface area (Å²) < 4.78 is 37.6. The molecule has 0 unspecified atom stereocenters. The van der Waals surface area contributed by atoms with Crippen molar-refractivity contribution < 1.29 is 21.3 Å². The predicted molar refractivity (Wildman–Crippen MR) is 60.2 cm³/mol. The average molecular weight is 265 g/mol. The van der Waals surface area contributed by atoms with Gasteiger partial charge in [-0.2, -0.15) is 8.42 Å². The van der Waals surface area contributed by atoms with Crippen LogP contribution in [0.25, 0.3) is 0 Å². The van der Waals surface area contributed by atoms with Crippen molar-refractivity contribution in [1.82, 2.24) is 0 Å². The number of anilines is 1. The summed E-state index contributed by atoms with van der Waals surface area (Å²) in [7, 11) is -4.38. The van der Waals surface area contributed by atoms with E-state index in [-0.39, 0.29) is 13.2 Å². The van der Waals surface area contributed by atoms with Crippen LogP contribution in [0.5, 0.6) is 0 Å². The second-order valence-corrected chi connectivity index (χ2v) is 4.69. The van der Waals surface area contributed by atoms with Crippen LogP contribution in [0.15, 0.2) is 29.2 Å². The zero-order chi connectivity index (χ0) is 12.0. The van der Waals surface area contributed by atoms with Crippen LogP contribution in [0.3, 0.4) is 0 Å². The molecule has 0 aliphatic heterocycles. The molecular weight excluding hydrogens is 254 g/mol. The Morgan fingerprint density at radius 2 is 1.88 bits per heavy atom. The van der Waals surface area contributed by atoms with Crippen molar-refractivity contribution in [3.05, 3.63) is 24.3 Å². The number of hydrogen-bond acceptors (Lipinski definition) is 6. The smallest absolute Gasteiger partial charge is 0.397 e. The summed E-state index contributed by atoms with van der Waals surface area (Å²) in [5.41, 5.74) is 6.14. The van der Waals surface area contributed by atoms with E-state index in [0.29, 0.717) is 5.69 Å². The molecule has 0 saturated carbocycles. The SMILES string of the molecule is Nc1ccc(SOCCOS(=O)(=O)O)cc1. The first kappa shape index (κ1) is 13.3. The van der Waals surface area contributed by atoms with Crippen LogP contribution in [0.1, 0.15) is 0 Å². The van der Waals surface area contributed by atoms with E-state index >= 15 is 0 Å². The summed E-state index contributed by atoms with van der Waals surface area (Å²) >= 11 is 1.07. The van der Waals surface area contributed by atoms with Gasteiger partial charge in [-0.3, -0.25) is 4.55 Å². The normalized spacial score (nSPS) is 11.6. The molecule has 1 rings (SSSR count). The molecule has 0 heterocycles. The predicted octanol–water partition coefficient (Wildman–Crippen LogP) is 1.11. The van der Waals surface area contributed by atoms with E-state index in [1.54, 1.807) is 24.3 Å². The molecule has 0 fully saturated rings. The van der Waals surface area contributed by atoms with Gasteiger partial charge in [0.05, 0.1) is 13.2 Å². The Bertz CT molecular complexity index is 417. The molecule has 0 amide bonds. The molecule has 0 aliphatic rings. The van der Waals surface area contributed by atoms with Crippen LogP contribution in [0, 0.1) is 0 Å². The van der Waals surface area contributed by atoms with E-state index in [1.165, 1.54) is 0 Å². The molecular formula is C8H11NO5S2. The van der Waals surface area contributed by atoms with Gasteiger partial charge in [0.15, 0.2) is 0 Å². The highest BCUT2D eigenvalue weighted by Crippen LogP contribution is 2.19. The zero-order valence-electron chi connectivity index (χ0n) is 8.20. The largest absolute Gasteiger partial charge is 0.399 e. The third-order valence-electron chi connectivity index (χ3n) is 1.43. The van der Waals surface area contributed by atoms with Crippen molar-refractivity contribution in [2.24, 2.45) is 0 Å². The summed E-state index contributed by atoms with van der Waals surface area (Å²) in [4.78, 5) is 0.834. The van der Waals surface area contributed by atoms with Crippen LogP contribution in [-0.2, 0) is 18.8 Å². The number of nitrogen functional groups attached to an aromatic ring is 1. The Balaban J connectivity index is 2.19. The van der Waals surface area contributed by atoms with Crippen LogP contribution in [-0.4, -0.2) is 26.2 Å². The maximum absolute atomic E-state index is 10.2. The van der Waals surface area contributed by atoms with Crippen molar-refractivity contribution in [2.45, 2.75) is 4.90 Å². The summed E-state index contributed by atoms with van der Waals surface area (Å²) in [5, 5.41) is 0. The first-order valence-electron chi connectivity index (χ1n) is 4.24. The van der Waals surface area contributed by atoms with Gasteiger partial charge in [0.25, 0.3) is 0 Å². The maximum Gasteiger partial charge on any atom is 0.397 e. The van der Waals surface area contributed by atoms with Gasteiger partial charge in [0, 0.05) is 22.6 Å². The Kier molecular flexibility index (Phi) is 5.03. The highest BCUT2D eigenvalue weighted by Gasteiger charge is 2.03. The maximum atomic E-state index is 10.2. The molecule has 0 spiro atoms. The standard InChI is InChI=1S/C8H11NO5S2/c9-7-1-3-8(4-2-7)15-13-5-6-14-16(10,11)12/h1-4H,5-6,9H2,(H,10,11,12). The van der Waals surface area contributed by atoms with E-state index < -0.39 is 10.4 Å². The lowest BCUT2D eigenvalue weighted by atomic mass is 10.3. The van der Waals surface area contributed by atoms with E-state index in [1.807, 2.05) is 0 Å². The van der Waals surface area contributed by atoms with E-state index in [2.05, 4.69) is 4.18 Å². The van der Waals surface area contributed by atoms with E-state index in [0.717, 1.165) is 16.9 Å². The fourth-order valence-electron chi connectivity index (χ4n) is 0.806. The molecule has 1 aromatic carbocycles. The molecule has 8 heteroatoms. The van der Waals surface area contributed by atoms with Crippen molar-refractivity contribution in [2.75, 3.05) is 18.9 Å². The van der Waals surface area contributed by atoms with Gasteiger partial charge in [-0.05, 0) is 24.3 Å². The van der Waals surface area contributed by atoms with Crippen LogP contribution < -0.4 is 5.73 Å². The van der Waals surface area contributed by atoms with Gasteiger partial charge in [0.1, 0.15) is 0 Å². The topological polar surface area (TPSA) is 98.9 Å².